The van der Waals surface area contributed by atoms with E-state index in [4.69, 9.17) is 0 Å². The van der Waals surface area contributed by atoms with Gasteiger partial charge in [-0.05, 0) is 32.2 Å². The van der Waals surface area contributed by atoms with Crippen LogP contribution in [0.25, 0.3) is 0 Å². The summed E-state index contributed by atoms with van der Waals surface area (Å²) in [7, 11) is 1.41. The molecule has 0 aromatic rings. The van der Waals surface area contributed by atoms with Crippen molar-refractivity contribution in [3.05, 3.63) is 0 Å². The molecule has 0 saturated heterocycles. The van der Waals surface area contributed by atoms with Crippen LogP contribution >= 0.6 is 0 Å². The second-order valence-corrected chi connectivity index (χ2v) is 3.74. The minimum Gasteiger partial charge on any atom is -0.468 e. The Balaban J connectivity index is 3.37. The fraction of sp³-hybridized carbons (Fsp3) is 0.900. The number of nitrogens with one attached hydrogen (secondary N) is 1. The summed E-state index contributed by atoms with van der Waals surface area (Å²) >= 11 is 0. The molecule has 1 unspecified atom stereocenters. The number of rotatable bonds is 6. The lowest BCUT2D eigenvalue weighted by molar-refractivity contribution is -0.142. The van der Waals surface area contributed by atoms with E-state index in [2.05, 4.69) is 23.9 Å². The zero-order valence-corrected chi connectivity index (χ0v) is 9.09. The summed E-state index contributed by atoms with van der Waals surface area (Å²) in [5.41, 5.74) is 0. The molecule has 0 rings (SSSR count). The average Bonchev–Trinajstić information content (AvgIpc) is 2.10. The number of hydrogen-bond acceptors (Lipinski definition) is 3. The molecule has 0 spiro atoms. The number of esters is 1. The molecule has 0 fully saturated rings. The van der Waals surface area contributed by atoms with Gasteiger partial charge in [0.15, 0.2) is 0 Å². The van der Waals surface area contributed by atoms with Crippen molar-refractivity contribution in [1.82, 2.24) is 5.32 Å². The van der Waals surface area contributed by atoms with Crippen LogP contribution in [0.1, 0.15) is 33.6 Å². The standard InChI is InChI=1S/C10H21NO2/c1-8(2)6-5-7-11-9(3)10(12)13-4/h8-9,11H,5-7H2,1-4H3. The summed E-state index contributed by atoms with van der Waals surface area (Å²) in [4.78, 5) is 11.0. The van der Waals surface area contributed by atoms with Gasteiger partial charge in [-0.25, -0.2) is 0 Å². The van der Waals surface area contributed by atoms with Gasteiger partial charge in [0, 0.05) is 0 Å². The van der Waals surface area contributed by atoms with E-state index in [-0.39, 0.29) is 12.0 Å². The maximum atomic E-state index is 11.0. The second-order valence-electron chi connectivity index (χ2n) is 3.74. The van der Waals surface area contributed by atoms with Crippen LogP contribution in [0.15, 0.2) is 0 Å². The highest BCUT2D eigenvalue weighted by atomic mass is 16.5. The number of methoxy groups -OCH3 is 1. The highest BCUT2D eigenvalue weighted by Crippen LogP contribution is 2.02. The van der Waals surface area contributed by atoms with Crippen molar-refractivity contribution < 1.29 is 9.53 Å². The molecule has 0 bridgehead atoms. The van der Waals surface area contributed by atoms with Crippen molar-refractivity contribution in [2.45, 2.75) is 39.7 Å². The first-order valence-electron chi connectivity index (χ1n) is 4.89. The van der Waals surface area contributed by atoms with E-state index in [1.165, 1.54) is 13.5 Å². The largest absolute Gasteiger partial charge is 0.468 e. The van der Waals surface area contributed by atoms with E-state index in [1.54, 1.807) is 0 Å². The van der Waals surface area contributed by atoms with Gasteiger partial charge in [-0.2, -0.15) is 0 Å². The van der Waals surface area contributed by atoms with E-state index in [0.717, 1.165) is 18.9 Å². The molecule has 0 saturated carbocycles. The lowest BCUT2D eigenvalue weighted by atomic mass is 10.1. The Bertz CT molecular complexity index is 146. The van der Waals surface area contributed by atoms with Crippen molar-refractivity contribution in [3.8, 4) is 0 Å². The monoisotopic (exact) mass is 187 g/mol. The van der Waals surface area contributed by atoms with E-state index in [9.17, 15) is 4.79 Å². The first-order chi connectivity index (χ1) is 6.07. The van der Waals surface area contributed by atoms with E-state index in [0.29, 0.717) is 0 Å². The molecule has 0 heterocycles. The topological polar surface area (TPSA) is 38.3 Å². The van der Waals surface area contributed by atoms with Crippen LogP contribution in [-0.2, 0) is 9.53 Å². The molecule has 0 aliphatic rings. The van der Waals surface area contributed by atoms with Crippen molar-refractivity contribution >= 4 is 5.97 Å². The Kier molecular flexibility index (Phi) is 6.59. The maximum absolute atomic E-state index is 11.0. The first kappa shape index (κ1) is 12.4. The Hall–Kier alpha value is -0.570. The molecule has 3 heteroatoms. The van der Waals surface area contributed by atoms with Crippen LogP contribution in [0, 0.1) is 5.92 Å². The Morgan fingerprint density at radius 2 is 2.00 bits per heavy atom. The van der Waals surface area contributed by atoms with Crippen LogP contribution in [0.5, 0.6) is 0 Å². The normalized spacial score (nSPS) is 13.0. The van der Waals surface area contributed by atoms with Gasteiger partial charge >= 0.3 is 5.97 Å². The van der Waals surface area contributed by atoms with Gasteiger partial charge in [-0.15, -0.1) is 0 Å². The third kappa shape index (κ3) is 6.58. The number of carbonyl (C=O) groups is 1. The van der Waals surface area contributed by atoms with E-state index >= 15 is 0 Å². The van der Waals surface area contributed by atoms with Gasteiger partial charge in [-0.1, -0.05) is 13.8 Å². The van der Waals surface area contributed by atoms with Gasteiger partial charge in [-0.3, -0.25) is 4.79 Å². The van der Waals surface area contributed by atoms with Crippen LogP contribution in [0.3, 0.4) is 0 Å². The zero-order chi connectivity index (χ0) is 10.3. The molecule has 0 aromatic heterocycles. The molecule has 0 amide bonds. The summed E-state index contributed by atoms with van der Waals surface area (Å²) in [5, 5.41) is 3.11. The predicted molar refractivity (Wildman–Crippen MR) is 53.6 cm³/mol. The average molecular weight is 187 g/mol. The van der Waals surface area contributed by atoms with Gasteiger partial charge in [0.2, 0.25) is 0 Å². The molecular weight excluding hydrogens is 166 g/mol. The van der Waals surface area contributed by atoms with Crippen molar-refractivity contribution in [3.63, 3.8) is 0 Å². The summed E-state index contributed by atoms with van der Waals surface area (Å²) in [6.45, 7) is 7.10. The summed E-state index contributed by atoms with van der Waals surface area (Å²) in [6, 6.07) is -0.183. The molecule has 1 atom stereocenters. The molecule has 78 valence electrons. The maximum Gasteiger partial charge on any atom is 0.322 e. The number of carbonyl (C=O) groups excluding carboxylic acids is 1. The smallest absolute Gasteiger partial charge is 0.322 e. The quantitative estimate of drug-likeness (QED) is 0.507. The molecule has 0 aromatic carbocycles. The van der Waals surface area contributed by atoms with Gasteiger partial charge in [0.1, 0.15) is 6.04 Å². The minimum atomic E-state index is -0.190. The highest BCUT2D eigenvalue weighted by Gasteiger charge is 2.10. The van der Waals surface area contributed by atoms with Gasteiger partial charge in [0.05, 0.1) is 7.11 Å². The molecular formula is C10H21NO2. The highest BCUT2D eigenvalue weighted by molar-refractivity contribution is 5.74. The molecule has 13 heavy (non-hydrogen) atoms. The molecule has 0 radical (unpaired) electrons. The number of hydrogen-bond donors (Lipinski definition) is 1. The molecule has 3 nitrogen and oxygen atoms in total. The Morgan fingerprint density at radius 3 is 2.46 bits per heavy atom. The first-order valence-corrected chi connectivity index (χ1v) is 4.89. The lowest BCUT2D eigenvalue weighted by Crippen LogP contribution is -2.35. The van der Waals surface area contributed by atoms with Gasteiger partial charge in [0.25, 0.3) is 0 Å². The summed E-state index contributed by atoms with van der Waals surface area (Å²) in [6.07, 6.45) is 2.31. The van der Waals surface area contributed by atoms with Crippen LogP contribution in [0.2, 0.25) is 0 Å². The fourth-order valence-electron chi connectivity index (χ4n) is 1.09. The third-order valence-corrected chi connectivity index (χ3v) is 1.96. The lowest BCUT2D eigenvalue weighted by Gasteiger charge is -2.11. The minimum absolute atomic E-state index is 0.183. The molecule has 1 N–H and O–H groups in total. The third-order valence-electron chi connectivity index (χ3n) is 1.96. The number of ether oxygens (including phenoxy) is 1. The second kappa shape index (κ2) is 6.89. The van der Waals surface area contributed by atoms with Crippen LogP contribution in [0.4, 0.5) is 0 Å². The van der Waals surface area contributed by atoms with E-state index < -0.39 is 0 Å². The fourth-order valence-corrected chi connectivity index (χ4v) is 1.09. The Morgan fingerprint density at radius 1 is 1.38 bits per heavy atom. The van der Waals surface area contributed by atoms with Crippen LogP contribution in [-0.4, -0.2) is 25.7 Å². The SMILES string of the molecule is COC(=O)C(C)NCCCC(C)C. The molecule has 0 aliphatic carbocycles. The van der Waals surface area contributed by atoms with Crippen molar-refractivity contribution in [1.29, 1.82) is 0 Å². The van der Waals surface area contributed by atoms with E-state index in [1.807, 2.05) is 6.92 Å². The van der Waals surface area contributed by atoms with Crippen LogP contribution < -0.4 is 5.32 Å². The zero-order valence-electron chi connectivity index (χ0n) is 9.09. The Labute approximate surface area is 80.8 Å². The summed E-state index contributed by atoms with van der Waals surface area (Å²) in [5.74, 6) is 0.541. The van der Waals surface area contributed by atoms with Gasteiger partial charge < -0.3 is 10.1 Å². The van der Waals surface area contributed by atoms with Crippen molar-refractivity contribution in [2.24, 2.45) is 5.92 Å². The predicted octanol–water partition coefficient (Wildman–Crippen LogP) is 1.57. The van der Waals surface area contributed by atoms with Crippen molar-refractivity contribution in [2.75, 3.05) is 13.7 Å². The molecule has 0 aliphatic heterocycles. The summed E-state index contributed by atoms with van der Waals surface area (Å²) < 4.78 is 4.59.